The van der Waals surface area contributed by atoms with Gasteiger partial charge in [0.15, 0.2) is 12.1 Å². The number of carbonyl (C=O) groups excluding carboxylic acids is 2. The SMILES string of the molecule is C=Cc1c2[nH]c(c1C)/C=C1/NC(C3=c4[nH]/c(c(C)c4C(=O)[C@@H]3C(O)OC)=C\c3[nH]c(/c(=C\O)c3CC)=C\2)[C@@H](CCC(=O)OCC)[C@@H]1C. The highest BCUT2D eigenvalue weighted by Gasteiger charge is 2.48. The first kappa shape index (κ1) is 32.4. The van der Waals surface area contributed by atoms with Gasteiger partial charge in [-0.15, -0.1) is 0 Å². The molecule has 0 radical (unpaired) electrons. The minimum atomic E-state index is -1.36. The second kappa shape index (κ2) is 12.6. The van der Waals surface area contributed by atoms with E-state index < -0.39 is 12.2 Å². The molecule has 3 aliphatic rings. The molecule has 248 valence electrons. The molecule has 1 fully saturated rings. The molecule has 0 saturated carbocycles. The monoisotopic (exact) mass is 640 g/mol. The summed E-state index contributed by atoms with van der Waals surface area (Å²) in [4.78, 5) is 37.4. The second-order valence-corrected chi connectivity index (χ2v) is 12.7. The van der Waals surface area contributed by atoms with Gasteiger partial charge in [-0.3, -0.25) is 9.59 Å². The van der Waals surface area contributed by atoms with Gasteiger partial charge in [0.2, 0.25) is 0 Å². The number of ether oxygens (including phenoxy) is 2. The number of nitrogens with one attached hydrogen (secondary N) is 4. The summed E-state index contributed by atoms with van der Waals surface area (Å²) in [5.74, 6) is -1.54. The number of methoxy groups -OCH3 is 1. The van der Waals surface area contributed by atoms with Crippen LogP contribution in [0, 0.1) is 31.6 Å². The van der Waals surface area contributed by atoms with Crippen molar-refractivity contribution in [2.45, 2.75) is 66.2 Å². The molecular weight excluding hydrogens is 596 g/mol. The van der Waals surface area contributed by atoms with E-state index in [0.29, 0.717) is 35.6 Å². The van der Waals surface area contributed by atoms with E-state index in [1.807, 2.05) is 39.0 Å². The van der Waals surface area contributed by atoms with Crippen LogP contribution < -0.4 is 26.6 Å². The van der Waals surface area contributed by atoms with Crippen molar-refractivity contribution in [2.75, 3.05) is 13.7 Å². The lowest BCUT2D eigenvalue weighted by molar-refractivity contribution is -0.143. The van der Waals surface area contributed by atoms with Crippen LogP contribution in [0.4, 0.5) is 0 Å². The normalized spacial score (nSPS) is 25.0. The minimum absolute atomic E-state index is 0.0326. The van der Waals surface area contributed by atoms with E-state index in [4.69, 9.17) is 9.47 Å². The van der Waals surface area contributed by atoms with Crippen LogP contribution in [0.1, 0.15) is 83.3 Å². The molecule has 10 nitrogen and oxygen atoms in total. The topological polar surface area (TPSA) is 152 Å². The van der Waals surface area contributed by atoms with Gasteiger partial charge in [-0.1, -0.05) is 26.5 Å². The molecule has 10 heteroatoms. The van der Waals surface area contributed by atoms with Crippen molar-refractivity contribution in [3.8, 4) is 0 Å². The average Bonchev–Trinajstić information content (AvgIpc) is 3.80. The summed E-state index contributed by atoms with van der Waals surface area (Å²) < 4.78 is 10.7. The Morgan fingerprint density at radius 2 is 1.81 bits per heavy atom. The Kier molecular flexibility index (Phi) is 8.67. The van der Waals surface area contributed by atoms with Gasteiger partial charge in [0.1, 0.15) is 0 Å². The number of fused-ring (bicyclic) bond motifs is 8. The quantitative estimate of drug-likeness (QED) is 0.163. The Hall–Kier alpha value is -4.54. The fourth-order valence-electron chi connectivity index (χ4n) is 7.84. The highest BCUT2D eigenvalue weighted by Crippen LogP contribution is 2.43. The molecule has 5 atom stereocenters. The van der Waals surface area contributed by atoms with E-state index in [0.717, 1.165) is 67.6 Å². The minimum Gasteiger partial charge on any atom is -0.515 e. The molecule has 6 rings (SSSR count). The predicted octanol–water partition coefficient (Wildman–Crippen LogP) is 2.30. The zero-order valence-electron chi connectivity index (χ0n) is 27.8. The van der Waals surface area contributed by atoms with Crippen molar-refractivity contribution in [3.05, 3.63) is 78.4 Å². The van der Waals surface area contributed by atoms with E-state index in [2.05, 4.69) is 39.8 Å². The summed E-state index contributed by atoms with van der Waals surface area (Å²) in [5.41, 5.74) is 8.37. The van der Waals surface area contributed by atoms with Gasteiger partial charge in [0.25, 0.3) is 0 Å². The van der Waals surface area contributed by atoms with Crippen LogP contribution in [0.5, 0.6) is 0 Å². The molecule has 0 aromatic carbocycles. The first-order chi connectivity index (χ1) is 22.6. The summed E-state index contributed by atoms with van der Waals surface area (Å²) in [6.45, 7) is 14.3. The van der Waals surface area contributed by atoms with Gasteiger partial charge in [0, 0.05) is 63.9 Å². The Morgan fingerprint density at radius 1 is 1.06 bits per heavy atom. The van der Waals surface area contributed by atoms with Crippen LogP contribution in [-0.4, -0.2) is 63.0 Å². The third kappa shape index (κ3) is 5.20. The molecule has 47 heavy (non-hydrogen) atoms. The molecule has 0 spiro atoms. The maximum absolute atomic E-state index is 14.2. The molecule has 0 amide bonds. The van der Waals surface area contributed by atoms with E-state index in [9.17, 15) is 19.8 Å². The second-order valence-electron chi connectivity index (χ2n) is 12.7. The first-order valence-electron chi connectivity index (χ1n) is 16.3. The van der Waals surface area contributed by atoms with E-state index >= 15 is 0 Å². The molecule has 3 aromatic rings. The predicted molar refractivity (Wildman–Crippen MR) is 182 cm³/mol. The number of ketones is 1. The number of H-pyrrole nitrogens is 3. The lowest BCUT2D eigenvalue weighted by atomic mass is 9.80. The number of aromatic amines is 3. The van der Waals surface area contributed by atoms with E-state index in [-0.39, 0.29) is 36.1 Å². The lowest BCUT2D eigenvalue weighted by Crippen LogP contribution is -2.39. The van der Waals surface area contributed by atoms with E-state index in [1.165, 1.54) is 7.11 Å². The summed E-state index contributed by atoms with van der Waals surface area (Å²) in [5, 5.41) is 28.1. The zero-order chi connectivity index (χ0) is 33.7. The fourth-order valence-corrected chi connectivity index (χ4v) is 7.84. The Bertz CT molecular complexity index is 2060. The number of carbonyl (C=O) groups is 2. The van der Waals surface area contributed by atoms with Crippen molar-refractivity contribution >= 4 is 47.9 Å². The number of hydrogen-bond acceptors (Lipinski definition) is 7. The summed E-state index contributed by atoms with van der Waals surface area (Å²) in [6.07, 6.45) is 9.05. The van der Waals surface area contributed by atoms with Gasteiger partial charge >= 0.3 is 5.97 Å². The summed E-state index contributed by atoms with van der Waals surface area (Å²) >= 11 is 0. The fraction of sp³-hybridized carbons (Fsp3) is 0.405. The van der Waals surface area contributed by atoms with Crippen molar-refractivity contribution in [3.63, 3.8) is 0 Å². The molecule has 1 saturated heterocycles. The van der Waals surface area contributed by atoms with Gasteiger partial charge < -0.3 is 40.0 Å². The molecular formula is C37H44N4O6. The number of hydrogen-bond donors (Lipinski definition) is 6. The maximum Gasteiger partial charge on any atom is 0.305 e. The highest BCUT2D eigenvalue weighted by molar-refractivity contribution is 6.09. The molecule has 8 bridgehead atoms. The molecule has 6 N–H and O–H groups in total. The van der Waals surface area contributed by atoms with E-state index in [1.54, 1.807) is 6.92 Å². The highest BCUT2D eigenvalue weighted by atomic mass is 16.6. The standard InChI is InChI=1S/C37H44N4O6/c1-8-20-17(4)24-13-25-18(5)22(11-12-30(43)47-10-3)34(40-25)32-33(37(45)46-7)36(44)31-19(6)26(41-35(31)32)14-28-21(9-2)23(16-42)29(39-28)15-27(20)38-24/h8,13-16,18,22,33-34,37-42,45H,1,9-12H2,2-7H3/b23-16-,25-13+,26-14-,29-15-/t18-,22-,33+,34?,37?/m0/s1. The Morgan fingerprint density at radius 3 is 2.47 bits per heavy atom. The van der Waals surface area contributed by atoms with Crippen LogP contribution in [-0.2, 0) is 20.7 Å². The average molecular weight is 641 g/mol. The summed E-state index contributed by atoms with van der Waals surface area (Å²) in [6, 6.07) is -0.386. The van der Waals surface area contributed by atoms with Crippen LogP contribution in [0.25, 0.3) is 36.1 Å². The smallest absolute Gasteiger partial charge is 0.305 e. The van der Waals surface area contributed by atoms with Crippen molar-refractivity contribution in [2.24, 2.45) is 17.8 Å². The number of rotatable bonds is 8. The van der Waals surface area contributed by atoms with Gasteiger partial charge in [0.05, 0.1) is 35.5 Å². The molecule has 3 aromatic heterocycles. The van der Waals surface area contributed by atoms with Crippen molar-refractivity contribution in [1.82, 2.24) is 20.3 Å². The third-order valence-corrected chi connectivity index (χ3v) is 10.3. The lowest BCUT2D eigenvalue weighted by Gasteiger charge is -2.28. The Labute approximate surface area is 273 Å². The maximum atomic E-state index is 14.2. The third-order valence-electron chi connectivity index (χ3n) is 10.3. The number of aromatic nitrogens is 3. The number of aliphatic hydroxyl groups excluding tert-OH is 2. The van der Waals surface area contributed by atoms with Crippen LogP contribution >= 0.6 is 0 Å². The largest absolute Gasteiger partial charge is 0.515 e. The van der Waals surface area contributed by atoms with Crippen molar-refractivity contribution < 1.29 is 29.3 Å². The molecule has 1 aliphatic carbocycles. The molecule has 5 heterocycles. The van der Waals surface area contributed by atoms with Crippen LogP contribution in [0.3, 0.4) is 0 Å². The van der Waals surface area contributed by atoms with Gasteiger partial charge in [-0.25, -0.2) is 0 Å². The molecule has 2 aliphatic heterocycles. The molecule has 2 unspecified atom stereocenters. The number of esters is 1. The number of aliphatic hydroxyl groups is 2. The number of Topliss-reactive ketones (excluding diaryl/α,β-unsaturated/α-hetero) is 1. The zero-order valence-corrected chi connectivity index (χ0v) is 27.8. The first-order valence-corrected chi connectivity index (χ1v) is 16.3. The van der Waals surface area contributed by atoms with Crippen molar-refractivity contribution in [1.29, 1.82) is 0 Å². The van der Waals surface area contributed by atoms with Gasteiger partial charge in [-0.05, 0) is 80.0 Å². The number of allylic oxidation sites excluding steroid dienone is 1. The summed E-state index contributed by atoms with van der Waals surface area (Å²) in [7, 11) is 1.39. The Balaban J connectivity index is 1.70. The van der Waals surface area contributed by atoms with Gasteiger partial charge in [-0.2, -0.15) is 0 Å². The van der Waals surface area contributed by atoms with Crippen LogP contribution in [0.2, 0.25) is 0 Å². The van der Waals surface area contributed by atoms with Crippen LogP contribution in [0.15, 0.2) is 12.3 Å².